The van der Waals surface area contributed by atoms with E-state index in [0.717, 1.165) is 19.5 Å². The maximum atomic E-state index is 11.2. The molecule has 1 amide bonds. The van der Waals surface area contributed by atoms with Crippen molar-refractivity contribution in [2.75, 3.05) is 19.6 Å². The van der Waals surface area contributed by atoms with Gasteiger partial charge in [-0.2, -0.15) is 0 Å². The van der Waals surface area contributed by atoms with Gasteiger partial charge < -0.3 is 10.2 Å². The van der Waals surface area contributed by atoms with Crippen molar-refractivity contribution >= 4 is 5.91 Å². The number of hydrogen-bond donors (Lipinski definition) is 1. The lowest BCUT2D eigenvalue weighted by Gasteiger charge is -2.15. The molecule has 1 heterocycles. The van der Waals surface area contributed by atoms with E-state index < -0.39 is 0 Å². The molecule has 0 radical (unpaired) electrons. The fourth-order valence-electron chi connectivity index (χ4n) is 1.87. The molecule has 0 aromatic heterocycles. The number of hydrogen-bond acceptors (Lipinski definition) is 2. The largest absolute Gasteiger partial charge is 0.352 e. The van der Waals surface area contributed by atoms with Crippen molar-refractivity contribution in [1.82, 2.24) is 10.2 Å². The Bertz CT molecular complexity index is 182. The average molecular weight is 198 g/mol. The number of rotatable bonds is 5. The maximum Gasteiger partial charge on any atom is 0.219 e. The van der Waals surface area contributed by atoms with E-state index in [9.17, 15) is 4.79 Å². The van der Waals surface area contributed by atoms with Crippen LogP contribution in [0.25, 0.3) is 0 Å². The summed E-state index contributed by atoms with van der Waals surface area (Å²) in [5.74, 6) is 0.187. The molecule has 1 unspecified atom stereocenters. The minimum absolute atomic E-state index is 0.187. The zero-order chi connectivity index (χ0) is 10.4. The van der Waals surface area contributed by atoms with E-state index >= 15 is 0 Å². The van der Waals surface area contributed by atoms with Crippen LogP contribution in [0.2, 0.25) is 0 Å². The summed E-state index contributed by atoms with van der Waals surface area (Å²) in [5, 5.41) is 3.05. The molecule has 1 atom stereocenters. The van der Waals surface area contributed by atoms with Crippen LogP contribution in [0.4, 0.5) is 0 Å². The van der Waals surface area contributed by atoms with Crippen LogP contribution >= 0.6 is 0 Å². The van der Waals surface area contributed by atoms with Gasteiger partial charge in [0.25, 0.3) is 0 Å². The molecule has 0 aliphatic carbocycles. The summed E-state index contributed by atoms with van der Waals surface area (Å²) >= 11 is 0. The van der Waals surface area contributed by atoms with Gasteiger partial charge in [0, 0.05) is 25.6 Å². The number of carbonyl (C=O) groups excluding carboxylic acids is 1. The first kappa shape index (κ1) is 11.5. The molecule has 3 nitrogen and oxygen atoms in total. The Kier molecular flexibility index (Phi) is 4.94. The molecule has 3 heteroatoms. The predicted octanol–water partition coefficient (Wildman–Crippen LogP) is 1.39. The topological polar surface area (TPSA) is 32.3 Å². The van der Waals surface area contributed by atoms with E-state index in [1.54, 1.807) is 0 Å². The number of nitrogens with zero attached hydrogens (tertiary/aromatic N) is 1. The first-order valence-electron chi connectivity index (χ1n) is 5.78. The van der Waals surface area contributed by atoms with Gasteiger partial charge in [-0.25, -0.2) is 0 Å². The standard InChI is InChI=1S/C11H22N2O/c1-3-5-7-13-8-6-10(9-13)12-11(14)4-2/h10H,3-9H2,1-2H3,(H,12,14). The Morgan fingerprint density at radius 3 is 2.93 bits per heavy atom. The molecule has 0 bridgehead atoms. The van der Waals surface area contributed by atoms with E-state index in [4.69, 9.17) is 0 Å². The van der Waals surface area contributed by atoms with Gasteiger partial charge in [0.2, 0.25) is 5.91 Å². The van der Waals surface area contributed by atoms with E-state index in [-0.39, 0.29) is 5.91 Å². The van der Waals surface area contributed by atoms with Crippen molar-refractivity contribution < 1.29 is 4.79 Å². The Labute approximate surface area is 86.9 Å². The Balaban J connectivity index is 2.17. The molecule has 0 aromatic rings. The molecule has 14 heavy (non-hydrogen) atoms. The van der Waals surface area contributed by atoms with Crippen molar-refractivity contribution in [3.63, 3.8) is 0 Å². The summed E-state index contributed by atoms with van der Waals surface area (Å²) in [7, 11) is 0. The van der Waals surface area contributed by atoms with Gasteiger partial charge in [0.05, 0.1) is 0 Å². The molecular weight excluding hydrogens is 176 g/mol. The third kappa shape index (κ3) is 3.66. The number of unbranched alkanes of at least 4 members (excludes halogenated alkanes) is 1. The normalized spacial score (nSPS) is 22.6. The van der Waals surface area contributed by atoms with Gasteiger partial charge in [0.15, 0.2) is 0 Å². The molecule has 1 aliphatic rings. The van der Waals surface area contributed by atoms with Gasteiger partial charge in [0.1, 0.15) is 0 Å². The molecule has 0 saturated carbocycles. The summed E-state index contributed by atoms with van der Waals surface area (Å²) in [5.41, 5.74) is 0. The van der Waals surface area contributed by atoms with Gasteiger partial charge in [-0.15, -0.1) is 0 Å². The van der Waals surface area contributed by atoms with Crippen LogP contribution < -0.4 is 5.32 Å². The van der Waals surface area contributed by atoms with Crippen LogP contribution in [0.5, 0.6) is 0 Å². The molecule has 0 spiro atoms. The summed E-state index contributed by atoms with van der Waals surface area (Å²) < 4.78 is 0. The van der Waals surface area contributed by atoms with Crippen LogP contribution in [0.1, 0.15) is 39.5 Å². The van der Waals surface area contributed by atoms with Gasteiger partial charge >= 0.3 is 0 Å². The van der Waals surface area contributed by atoms with E-state index in [1.165, 1.54) is 19.4 Å². The summed E-state index contributed by atoms with van der Waals surface area (Å²) in [6.45, 7) is 7.50. The minimum Gasteiger partial charge on any atom is -0.352 e. The molecule has 1 aliphatic heterocycles. The average Bonchev–Trinajstić information content (AvgIpc) is 2.62. The number of carbonyl (C=O) groups is 1. The van der Waals surface area contributed by atoms with Crippen molar-refractivity contribution in [3.05, 3.63) is 0 Å². The van der Waals surface area contributed by atoms with Crippen molar-refractivity contribution in [1.29, 1.82) is 0 Å². The molecule has 1 rings (SSSR count). The zero-order valence-corrected chi connectivity index (χ0v) is 9.38. The first-order chi connectivity index (χ1) is 6.76. The summed E-state index contributed by atoms with van der Waals surface area (Å²) in [6.07, 6.45) is 4.25. The van der Waals surface area contributed by atoms with Gasteiger partial charge in [-0.05, 0) is 19.4 Å². The van der Waals surface area contributed by atoms with Crippen LogP contribution in [0, 0.1) is 0 Å². The molecule has 82 valence electrons. The maximum absolute atomic E-state index is 11.2. The predicted molar refractivity (Wildman–Crippen MR) is 58.2 cm³/mol. The van der Waals surface area contributed by atoms with E-state index in [2.05, 4.69) is 17.1 Å². The highest BCUT2D eigenvalue weighted by Gasteiger charge is 2.22. The van der Waals surface area contributed by atoms with Crippen LogP contribution in [0.15, 0.2) is 0 Å². The quantitative estimate of drug-likeness (QED) is 0.724. The van der Waals surface area contributed by atoms with Crippen molar-refractivity contribution in [2.45, 2.75) is 45.6 Å². The smallest absolute Gasteiger partial charge is 0.219 e. The molecule has 0 aromatic carbocycles. The van der Waals surface area contributed by atoms with Crippen molar-refractivity contribution in [3.8, 4) is 0 Å². The molecule has 1 saturated heterocycles. The molecule has 1 fully saturated rings. The lowest BCUT2D eigenvalue weighted by Crippen LogP contribution is -2.36. The third-order valence-electron chi connectivity index (χ3n) is 2.79. The lowest BCUT2D eigenvalue weighted by molar-refractivity contribution is -0.121. The molecule has 1 N–H and O–H groups in total. The number of amides is 1. The minimum atomic E-state index is 0.187. The zero-order valence-electron chi connectivity index (χ0n) is 9.38. The SMILES string of the molecule is CCCCN1CCC(NC(=O)CC)C1. The van der Waals surface area contributed by atoms with Crippen LogP contribution in [-0.4, -0.2) is 36.5 Å². The monoisotopic (exact) mass is 198 g/mol. The van der Waals surface area contributed by atoms with Gasteiger partial charge in [-0.3, -0.25) is 4.79 Å². The second-order valence-electron chi connectivity index (χ2n) is 4.06. The highest BCUT2D eigenvalue weighted by atomic mass is 16.1. The lowest BCUT2D eigenvalue weighted by atomic mass is 10.2. The first-order valence-corrected chi connectivity index (χ1v) is 5.78. The molecular formula is C11H22N2O. The highest BCUT2D eigenvalue weighted by molar-refractivity contribution is 5.75. The Morgan fingerprint density at radius 2 is 2.29 bits per heavy atom. The van der Waals surface area contributed by atoms with E-state index in [0.29, 0.717) is 12.5 Å². The van der Waals surface area contributed by atoms with Gasteiger partial charge in [-0.1, -0.05) is 20.3 Å². The highest BCUT2D eigenvalue weighted by Crippen LogP contribution is 2.09. The second-order valence-corrected chi connectivity index (χ2v) is 4.06. The Hall–Kier alpha value is -0.570. The fourth-order valence-corrected chi connectivity index (χ4v) is 1.87. The fraction of sp³-hybridized carbons (Fsp3) is 0.909. The third-order valence-corrected chi connectivity index (χ3v) is 2.79. The van der Waals surface area contributed by atoms with E-state index in [1.807, 2.05) is 6.92 Å². The number of nitrogens with one attached hydrogen (secondary N) is 1. The Morgan fingerprint density at radius 1 is 1.50 bits per heavy atom. The van der Waals surface area contributed by atoms with Crippen LogP contribution in [0.3, 0.4) is 0 Å². The van der Waals surface area contributed by atoms with Crippen LogP contribution in [-0.2, 0) is 4.79 Å². The second kappa shape index (κ2) is 6.02. The number of likely N-dealkylation sites (tertiary alicyclic amines) is 1. The summed E-state index contributed by atoms with van der Waals surface area (Å²) in [4.78, 5) is 13.6. The summed E-state index contributed by atoms with van der Waals surface area (Å²) in [6, 6.07) is 0.402. The van der Waals surface area contributed by atoms with Crippen molar-refractivity contribution in [2.24, 2.45) is 0 Å².